The second-order valence-electron chi connectivity index (χ2n) is 3.76. The molecule has 0 unspecified atom stereocenters. The Morgan fingerprint density at radius 3 is 2.80 bits per heavy atom. The van der Waals surface area contributed by atoms with Crippen LogP contribution in [0.25, 0.3) is 11.3 Å². The van der Waals surface area contributed by atoms with E-state index in [4.69, 9.17) is 0 Å². The highest BCUT2D eigenvalue weighted by Gasteiger charge is 2.07. The van der Waals surface area contributed by atoms with Crippen LogP contribution in [0.3, 0.4) is 0 Å². The summed E-state index contributed by atoms with van der Waals surface area (Å²) in [5.41, 5.74) is 4.47. The molecule has 0 amide bonds. The highest BCUT2D eigenvalue weighted by Crippen LogP contribution is 2.26. The van der Waals surface area contributed by atoms with Crippen molar-refractivity contribution in [2.45, 2.75) is 6.92 Å². The first-order chi connectivity index (χ1) is 9.70. The Hall–Kier alpha value is -2.54. The Labute approximate surface area is 119 Å². The molecule has 1 heterocycles. The molecule has 102 valence electrons. The van der Waals surface area contributed by atoms with Gasteiger partial charge in [-0.15, -0.1) is 11.3 Å². The molecule has 0 saturated heterocycles. The molecule has 1 aromatic heterocycles. The molecule has 0 atom stereocenters. The molecule has 0 bridgehead atoms. The minimum atomic E-state index is -0.423. The van der Waals surface area contributed by atoms with Crippen molar-refractivity contribution in [3.63, 3.8) is 0 Å². The fourth-order valence-corrected chi connectivity index (χ4v) is 2.10. The third-order valence-electron chi connectivity index (χ3n) is 2.39. The van der Waals surface area contributed by atoms with Crippen molar-refractivity contribution in [3.05, 3.63) is 51.9 Å². The highest BCUT2D eigenvalue weighted by molar-refractivity contribution is 7.14. The Balaban J connectivity index is 2.10. The molecule has 0 aliphatic heterocycles. The topological polar surface area (TPSA) is 80.4 Å². The van der Waals surface area contributed by atoms with Crippen molar-refractivity contribution in [3.8, 4) is 11.3 Å². The van der Waals surface area contributed by atoms with Crippen LogP contribution in [0.15, 0.2) is 46.9 Å². The van der Waals surface area contributed by atoms with Gasteiger partial charge in [-0.3, -0.25) is 15.5 Å². The molecule has 2 aromatic rings. The van der Waals surface area contributed by atoms with Gasteiger partial charge in [0.15, 0.2) is 0 Å². The summed E-state index contributed by atoms with van der Waals surface area (Å²) in [5.74, 6) is 0. The summed E-state index contributed by atoms with van der Waals surface area (Å²) in [6.07, 6.45) is 5.31. The van der Waals surface area contributed by atoms with Crippen LogP contribution in [0, 0.1) is 10.1 Å². The zero-order chi connectivity index (χ0) is 14.4. The number of rotatable bonds is 5. The number of thiazole rings is 1. The predicted octanol–water partition coefficient (Wildman–Crippen LogP) is 3.69. The van der Waals surface area contributed by atoms with Gasteiger partial charge in [-0.2, -0.15) is 5.10 Å². The van der Waals surface area contributed by atoms with Crippen LogP contribution in [0.5, 0.6) is 0 Å². The predicted molar refractivity (Wildman–Crippen MR) is 81.1 cm³/mol. The summed E-state index contributed by atoms with van der Waals surface area (Å²) in [5, 5.41) is 17.1. The van der Waals surface area contributed by atoms with Gasteiger partial charge in [-0.1, -0.05) is 6.08 Å². The molecule has 6 nitrogen and oxygen atoms in total. The van der Waals surface area contributed by atoms with E-state index in [-0.39, 0.29) is 5.69 Å². The smallest absolute Gasteiger partial charge is 0.258 e. The molecule has 1 aromatic carbocycles. The van der Waals surface area contributed by atoms with Crippen LogP contribution in [0.1, 0.15) is 6.92 Å². The number of hydrogen-bond donors (Lipinski definition) is 1. The third kappa shape index (κ3) is 3.48. The van der Waals surface area contributed by atoms with Crippen molar-refractivity contribution in [1.82, 2.24) is 4.98 Å². The summed E-state index contributed by atoms with van der Waals surface area (Å²) in [6, 6.07) is 6.29. The first kappa shape index (κ1) is 13.9. The number of nitrogens with zero attached hydrogens (tertiary/aromatic N) is 3. The quantitative estimate of drug-likeness (QED) is 0.517. The molecule has 1 N–H and O–H groups in total. The highest BCUT2D eigenvalue weighted by atomic mass is 32.1. The van der Waals surface area contributed by atoms with E-state index in [9.17, 15) is 10.1 Å². The summed E-state index contributed by atoms with van der Waals surface area (Å²) < 4.78 is 0. The number of benzene rings is 1. The van der Waals surface area contributed by atoms with Crippen LogP contribution >= 0.6 is 11.3 Å². The Morgan fingerprint density at radius 2 is 2.15 bits per heavy atom. The minimum absolute atomic E-state index is 0.0679. The Morgan fingerprint density at radius 1 is 1.40 bits per heavy atom. The average Bonchev–Trinajstić information content (AvgIpc) is 2.92. The lowest BCUT2D eigenvalue weighted by Gasteiger charge is -1.96. The monoisotopic (exact) mass is 288 g/mol. The van der Waals surface area contributed by atoms with E-state index in [1.54, 1.807) is 24.4 Å². The summed E-state index contributed by atoms with van der Waals surface area (Å²) >= 11 is 1.42. The van der Waals surface area contributed by atoms with Crippen LogP contribution < -0.4 is 5.43 Å². The molecule has 0 aliphatic rings. The van der Waals surface area contributed by atoms with Gasteiger partial charge in [0.25, 0.3) is 5.69 Å². The molecular weight excluding hydrogens is 276 g/mol. The maximum Gasteiger partial charge on any atom is 0.269 e. The van der Waals surface area contributed by atoms with Crippen molar-refractivity contribution in [2.75, 3.05) is 5.43 Å². The first-order valence-electron chi connectivity index (χ1n) is 5.81. The Bertz CT molecular complexity index is 647. The molecule has 0 aliphatic carbocycles. The molecular formula is C13H12N4O2S. The zero-order valence-electron chi connectivity index (χ0n) is 10.7. The maximum atomic E-state index is 10.6. The van der Waals surface area contributed by atoms with E-state index in [0.29, 0.717) is 5.13 Å². The fourth-order valence-electron chi connectivity index (χ4n) is 1.43. The number of non-ortho nitro benzene ring substituents is 1. The summed E-state index contributed by atoms with van der Waals surface area (Å²) in [7, 11) is 0. The van der Waals surface area contributed by atoms with Crippen molar-refractivity contribution in [1.29, 1.82) is 0 Å². The second kappa shape index (κ2) is 6.58. The van der Waals surface area contributed by atoms with Crippen LogP contribution in [-0.4, -0.2) is 16.1 Å². The van der Waals surface area contributed by atoms with Gasteiger partial charge in [0.2, 0.25) is 5.13 Å². The molecule has 0 radical (unpaired) electrons. The van der Waals surface area contributed by atoms with Gasteiger partial charge in [0.05, 0.1) is 10.6 Å². The van der Waals surface area contributed by atoms with E-state index in [1.165, 1.54) is 23.5 Å². The molecule has 0 spiro atoms. The van der Waals surface area contributed by atoms with Gasteiger partial charge < -0.3 is 0 Å². The van der Waals surface area contributed by atoms with Gasteiger partial charge in [0, 0.05) is 29.3 Å². The molecule has 0 saturated carbocycles. The number of hydrogen-bond acceptors (Lipinski definition) is 6. The lowest BCUT2D eigenvalue weighted by atomic mass is 10.1. The first-order valence-corrected chi connectivity index (χ1v) is 6.69. The van der Waals surface area contributed by atoms with E-state index in [0.717, 1.165) is 11.3 Å². The molecule has 0 fully saturated rings. The van der Waals surface area contributed by atoms with Crippen LogP contribution in [0.2, 0.25) is 0 Å². The van der Waals surface area contributed by atoms with Gasteiger partial charge in [-0.25, -0.2) is 4.98 Å². The van der Waals surface area contributed by atoms with E-state index < -0.39 is 4.92 Å². The van der Waals surface area contributed by atoms with Crippen molar-refractivity contribution in [2.24, 2.45) is 5.10 Å². The van der Waals surface area contributed by atoms with Gasteiger partial charge >= 0.3 is 0 Å². The normalized spacial score (nSPS) is 11.2. The number of nitrogens with one attached hydrogen (secondary N) is 1. The van der Waals surface area contributed by atoms with E-state index in [2.05, 4.69) is 15.5 Å². The average molecular weight is 288 g/mol. The number of allylic oxidation sites excluding steroid dienone is 2. The van der Waals surface area contributed by atoms with Crippen molar-refractivity contribution < 1.29 is 4.92 Å². The van der Waals surface area contributed by atoms with E-state index >= 15 is 0 Å². The minimum Gasteiger partial charge on any atom is -0.258 e. The van der Waals surface area contributed by atoms with Gasteiger partial charge in [-0.05, 0) is 25.1 Å². The van der Waals surface area contributed by atoms with Crippen molar-refractivity contribution >= 4 is 28.4 Å². The lowest BCUT2D eigenvalue weighted by molar-refractivity contribution is -0.384. The second-order valence-corrected chi connectivity index (χ2v) is 4.62. The lowest BCUT2D eigenvalue weighted by Crippen LogP contribution is -1.88. The summed E-state index contributed by atoms with van der Waals surface area (Å²) in [6.45, 7) is 1.90. The molecule has 2 rings (SSSR count). The number of nitro groups is 1. The van der Waals surface area contributed by atoms with Gasteiger partial charge in [0.1, 0.15) is 0 Å². The standard InChI is InChI=1S/C13H12N4O2S/c1-2-3-8-14-16-13-15-12(9-20-13)10-4-6-11(7-5-10)17(18)19/h2-9H,1H3,(H,15,16). The molecule has 7 heteroatoms. The Kier molecular flexibility index (Phi) is 4.56. The maximum absolute atomic E-state index is 10.6. The fraction of sp³-hybridized carbons (Fsp3) is 0.0769. The SMILES string of the molecule is CC=CC=NNc1nc(-c2ccc([N+](=O)[O-])cc2)cs1. The number of anilines is 1. The van der Waals surface area contributed by atoms with Crippen LogP contribution in [-0.2, 0) is 0 Å². The third-order valence-corrected chi connectivity index (χ3v) is 3.14. The number of nitro benzene ring substituents is 1. The van der Waals surface area contributed by atoms with Crippen LogP contribution in [0.4, 0.5) is 10.8 Å². The number of aromatic nitrogens is 1. The number of hydrazone groups is 1. The molecule has 20 heavy (non-hydrogen) atoms. The largest absolute Gasteiger partial charge is 0.269 e. The zero-order valence-corrected chi connectivity index (χ0v) is 11.5. The summed E-state index contributed by atoms with van der Waals surface area (Å²) in [4.78, 5) is 14.5. The van der Waals surface area contributed by atoms with E-state index in [1.807, 2.05) is 18.4 Å².